The largest absolute Gasteiger partial charge is 0.508 e. The van der Waals surface area contributed by atoms with Gasteiger partial charge in [-0.15, -0.1) is 0 Å². The van der Waals surface area contributed by atoms with Crippen molar-refractivity contribution in [2.24, 2.45) is 5.73 Å². The number of benzene rings is 2. The molecule has 4 heteroatoms. The molecule has 0 spiro atoms. The Morgan fingerprint density at radius 1 is 1.29 bits per heavy atom. The fraction of sp³-hybridized carbons (Fsp3) is 0.353. The summed E-state index contributed by atoms with van der Waals surface area (Å²) in [7, 11) is 0. The monoisotopic (exact) mass is 287 g/mol. The van der Waals surface area contributed by atoms with Gasteiger partial charge in [0, 0.05) is 18.0 Å². The SMILES string of the molecule is CCOC(=O)CCC(N)Cc1c(O)ccc2ccccc12. The van der Waals surface area contributed by atoms with Gasteiger partial charge >= 0.3 is 5.97 Å². The van der Waals surface area contributed by atoms with Gasteiger partial charge in [-0.2, -0.15) is 0 Å². The minimum Gasteiger partial charge on any atom is -0.508 e. The Balaban J connectivity index is 2.08. The third-order valence-corrected chi connectivity index (χ3v) is 3.51. The zero-order chi connectivity index (χ0) is 15.2. The van der Waals surface area contributed by atoms with Gasteiger partial charge in [0.2, 0.25) is 0 Å². The number of fused-ring (bicyclic) bond motifs is 1. The Morgan fingerprint density at radius 2 is 2.05 bits per heavy atom. The van der Waals surface area contributed by atoms with E-state index in [9.17, 15) is 9.90 Å². The maximum Gasteiger partial charge on any atom is 0.305 e. The highest BCUT2D eigenvalue weighted by atomic mass is 16.5. The predicted octanol–water partition coefficient (Wildman–Crippen LogP) is 2.76. The van der Waals surface area contributed by atoms with Crippen molar-refractivity contribution in [2.45, 2.75) is 32.2 Å². The van der Waals surface area contributed by atoms with Gasteiger partial charge in [0.05, 0.1) is 6.61 Å². The number of aromatic hydroxyl groups is 1. The molecule has 0 aliphatic carbocycles. The van der Waals surface area contributed by atoms with Crippen LogP contribution in [-0.4, -0.2) is 23.7 Å². The van der Waals surface area contributed by atoms with Crippen molar-refractivity contribution in [3.05, 3.63) is 42.0 Å². The van der Waals surface area contributed by atoms with Gasteiger partial charge in [-0.05, 0) is 36.6 Å². The smallest absolute Gasteiger partial charge is 0.305 e. The molecule has 2 aromatic rings. The maximum absolute atomic E-state index is 11.4. The van der Waals surface area contributed by atoms with Gasteiger partial charge in [0.25, 0.3) is 0 Å². The number of hydrogen-bond acceptors (Lipinski definition) is 4. The van der Waals surface area contributed by atoms with E-state index >= 15 is 0 Å². The second kappa shape index (κ2) is 7.09. The van der Waals surface area contributed by atoms with Crippen LogP contribution >= 0.6 is 0 Å². The van der Waals surface area contributed by atoms with E-state index < -0.39 is 0 Å². The van der Waals surface area contributed by atoms with Crippen molar-refractivity contribution >= 4 is 16.7 Å². The average Bonchev–Trinajstić information content (AvgIpc) is 2.48. The van der Waals surface area contributed by atoms with Crippen LogP contribution in [0, 0.1) is 0 Å². The number of hydrogen-bond donors (Lipinski definition) is 2. The molecule has 3 N–H and O–H groups in total. The average molecular weight is 287 g/mol. The minimum atomic E-state index is -0.227. The number of phenols is 1. The molecule has 2 aromatic carbocycles. The molecule has 1 atom stereocenters. The van der Waals surface area contributed by atoms with E-state index in [0.29, 0.717) is 25.9 Å². The van der Waals surface area contributed by atoms with Crippen LogP contribution in [-0.2, 0) is 16.0 Å². The van der Waals surface area contributed by atoms with E-state index in [0.717, 1.165) is 16.3 Å². The second-order valence-corrected chi connectivity index (χ2v) is 5.09. The Labute approximate surface area is 124 Å². The molecule has 0 aliphatic heterocycles. The highest BCUT2D eigenvalue weighted by Crippen LogP contribution is 2.28. The van der Waals surface area contributed by atoms with Gasteiger partial charge in [-0.1, -0.05) is 30.3 Å². The van der Waals surface area contributed by atoms with Gasteiger partial charge in [-0.25, -0.2) is 0 Å². The van der Waals surface area contributed by atoms with Crippen LogP contribution in [0.2, 0.25) is 0 Å². The number of ether oxygens (including phenoxy) is 1. The normalized spacial score (nSPS) is 12.3. The molecule has 112 valence electrons. The van der Waals surface area contributed by atoms with E-state index in [4.69, 9.17) is 10.5 Å². The highest BCUT2D eigenvalue weighted by Gasteiger charge is 2.13. The zero-order valence-corrected chi connectivity index (χ0v) is 12.2. The number of carbonyl (C=O) groups excluding carboxylic acids is 1. The number of rotatable bonds is 6. The minimum absolute atomic E-state index is 0.189. The Hall–Kier alpha value is -2.07. The Kier molecular flexibility index (Phi) is 5.17. The van der Waals surface area contributed by atoms with Crippen molar-refractivity contribution in [3.8, 4) is 5.75 Å². The van der Waals surface area contributed by atoms with E-state index in [1.54, 1.807) is 13.0 Å². The summed E-state index contributed by atoms with van der Waals surface area (Å²) in [5.74, 6) is 0.0235. The van der Waals surface area contributed by atoms with Crippen molar-refractivity contribution < 1.29 is 14.6 Å². The van der Waals surface area contributed by atoms with E-state index in [1.807, 2.05) is 30.3 Å². The lowest BCUT2D eigenvalue weighted by Crippen LogP contribution is -2.24. The van der Waals surface area contributed by atoms with Crippen molar-refractivity contribution in [1.82, 2.24) is 0 Å². The van der Waals surface area contributed by atoms with Crippen LogP contribution in [0.5, 0.6) is 5.75 Å². The summed E-state index contributed by atoms with van der Waals surface area (Å²) in [6.45, 7) is 2.17. The maximum atomic E-state index is 11.4. The van der Waals surface area contributed by atoms with Crippen molar-refractivity contribution in [1.29, 1.82) is 0 Å². The number of esters is 1. The standard InChI is InChI=1S/C17H21NO3/c1-2-21-17(20)10-8-13(18)11-15-14-6-4-3-5-12(14)7-9-16(15)19/h3-7,9,13,19H,2,8,10-11,18H2,1H3. The summed E-state index contributed by atoms with van der Waals surface area (Å²) in [5, 5.41) is 12.1. The highest BCUT2D eigenvalue weighted by molar-refractivity contribution is 5.87. The fourth-order valence-electron chi connectivity index (χ4n) is 2.44. The molecule has 0 radical (unpaired) electrons. The van der Waals surface area contributed by atoms with Gasteiger partial charge in [-0.3, -0.25) is 4.79 Å². The second-order valence-electron chi connectivity index (χ2n) is 5.09. The van der Waals surface area contributed by atoms with Crippen LogP contribution in [0.3, 0.4) is 0 Å². The van der Waals surface area contributed by atoms with Crippen LogP contribution in [0.1, 0.15) is 25.3 Å². The van der Waals surface area contributed by atoms with Crippen molar-refractivity contribution in [3.63, 3.8) is 0 Å². The number of phenolic OH excluding ortho intramolecular Hbond substituents is 1. The van der Waals surface area contributed by atoms with E-state index in [1.165, 1.54) is 0 Å². The third-order valence-electron chi connectivity index (χ3n) is 3.51. The van der Waals surface area contributed by atoms with E-state index in [2.05, 4.69) is 0 Å². The molecule has 0 amide bonds. The first-order valence-electron chi connectivity index (χ1n) is 7.22. The van der Waals surface area contributed by atoms with Gasteiger partial charge in [0.1, 0.15) is 5.75 Å². The first-order chi connectivity index (χ1) is 10.1. The quantitative estimate of drug-likeness (QED) is 0.801. The summed E-state index contributed by atoms with van der Waals surface area (Å²) < 4.78 is 4.89. The lowest BCUT2D eigenvalue weighted by molar-refractivity contribution is -0.143. The Bertz CT molecular complexity index is 624. The van der Waals surface area contributed by atoms with Gasteiger partial charge < -0.3 is 15.6 Å². The molecule has 4 nitrogen and oxygen atoms in total. The summed E-state index contributed by atoms with van der Waals surface area (Å²) in [6, 6.07) is 11.3. The summed E-state index contributed by atoms with van der Waals surface area (Å²) >= 11 is 0. The molecular formula is C17H21NO3. The first-order valence-corrected chi connectivity index (χ1v) is 7.22. The van der Waals surface area contributed by atoms with Crippen LogP contribution < -0.4 is 5.73 Å². The number of carbonyl (C=O) groups is 1. The molecule has 0 saturated carbocycles. The molecule has 0 heterocycles. The molecule has 0 aromatic heterocycles. The third kappa shape index (κ3) is 3.95. The summed E-state index contributed by atoms with van der Waals surface area (Å²) in [6.07, 6.45) is 1.38. The molecule has 21 heavy (non-hydrogen) atoms. The molecule has 0 saturated heterocycles. The molecule has 0 fully saturated rings. The summed E-state index contributed by atoms with van der Waals surface area (Å²) in [5.41, 5.74) is 6.93. The fourth-order valence-corrected chi connectivity index (χ4v) is 2.44. The van der Waals surface area contributed by atoms with Crippen LogP contribution in [0.25, 0.3) is 10.8 Å². The lowest BCUT2D eigenvalue weighted by atomic mass is 9.96. The number of nitrogens with two attached hydrogens (primary N) is 1. The molecule has 0 bridgehead atoms. The topological polar surface area (TPSA) is 72.5 Å². The molecule has 0 aliphatic rings. The summed E-state index contributed by atoms with van der Waals surface area (Å²) in [4.78, 5) is 11.4. The Morgan fingerprint density at radius 3 is 2.81 bits per heavy atom. The van der Waals surface area contributed by atoms with E-state index in [-0.39, 0.29) is 17.8 Å². The molecule has 1 unspecified atom stereocenters. The lowest BCUT2D eigenvalue weighted by Gasteiger charge is -2.14. The van der Waals surface area contributed by atoms with Gasteiger partial charge in [0.15, 0.2) is 0 Å². The predicted molar refractivity (Wildman–Crippen MR) is 83.2 cm³/mol. The molecule has 2 rings (SSSR count). The zero-order valence-electron chi connectivity index (χ0n) is 12.2. The van der Waals surface area contributed by atoms with Crippen LogP contribution in [0.4, 0.5) is 0 Å². The van der Waals surface area contributed by atoms with Crippen molar-refractivity contribution in [2.75, 3.05) is 6.61 Å². The molecular weight excluding hydrogens is 266 g/mol. The first kappa shape index (κ1) is 15.3. The van der Waals surface area contributed by atoms with Crippen LogP contribution in [0.15, 0.2) is 36.4 Å².